The van der Waals surface area contributed by atoms with Crippen LogP contribution in [0.25, 0.3) is 0 Å². The predicted molar refractivity (Wildman–Crippen MR) is 69.4 cm³/mol. The number of nitrogens with zero attached hydrogens (tertiary/aromatic N) is 2. The van der Waals surface area contributed by atoms with Gasteiger partial charge < -0.3 is 4.57 Å². The van der Waals surface area contributed by atoms with Gasteiger partial charge in [0.15, 0.2) is 0 Å². The molecule has 90 valence electrons. The first-order valence-electron chi connectivity index (χ1n) is 6.54. The van der Waals surface area contributed by atoms with E-state index in [1.807, 2.05) is 18.7 Å². The van der Waals surface area contributed by atoms with Gasteiger partial charge in [-0.3, -0.25) is 0 Å². The highest BCUT2D eigenvalue weighted by molar-refractivity contribution is 4.85. The van der Waals surface area contributed by atoms with Crippen LogP contribution in [-0.2, 0) is 6.54 Å². The van der Waals surface area contributed by atoms with E-state index in [1.165, 1.54) is 44.9 Å². The molecule has 0 aromatic carbocycles. The van der Waals surface area contributed by atoms with E-state index in [9.17, 15) is 0 Å². The van der Waals surface area contributed by atoms with Gasteiger partial charge >= 0.3 is 0 Å². The quantitative estimate of drug-likeness (QED) is 0.450. The third-order valence-corrected chi connectivity index (χ3v) is 2.77. The molecule has 0 unspecified atom stereocenters. The molecule has 1 rings (SSSR count). The minimum Gasteiger partial charge on any atom is -0.334 e. The van der Waals surface area contributed by atoms with Gasteiger partial charge in [0.1, 0.15) is 0 Å². The van der Waals surface area contributed by atoms with Crippen LogP contribution in [0.2, 0.25) is 0 Å². The molecule has 0 N–H and O–H groups in total. The lowest BCUT2D eigenvalue weighted by Crippen LogP contribution is -1.89. The Morgan fingerprint density at radius 3 is 2.62 bits per heavy atom. The van der Waals surface area contributed by atoms with Gasteiger partial charge in [0.2, 0.25) is 0 Å². The Morgan fingerprint density at radius 1 is 1.06 bits per heavy atom. The second-order valence-electron chi connectivity index (χ2n) is 4.29. The first-order chi connectivity index (χ1) is 7.93. The third kappa shape index (κ3) is 6.44. The standard InChI is InChI=1S/C14H24N2/c1-2-3-4-5-6-7-8-9-10-12-16-13-11-15-14-16/h9-11,13-14H,2-8,12H2,1H3/b10-9-. The maximum atomic E-state index is 4.01. The molecular formula is C14H24N2. The van der Waals surface area contributed by atoms with Gasteiger partial charge in [-0.15, -0.1) is 0 Å². The third-order valence-electron chi connectivity index (χ3n) is 2.77. The van der Waals surface area contributed by atoms with E-state index in [1.54, 1.807) is 0 Å². The van der Waals surface area contributed by atoms with Crippen molar-refractivity contribution < 1.29 is 0 Å². The minimum atomic E-state index is 0.954. The maximum absolute atomic E-state index is 4.01. The number of hydrogen-bond donors (Lipinski definition) is 0. The Kier molecular flexibility index (Phi) is 7.48. The lowest BCUT2D eigenvalue weighted by molar-refractivity contribution is 0.611. The fraction of sp³-hybridized carbons (Fsp3) is 0.643. The van der Waals surface area contributed by atoms with E-state index in [2.05, 4.69) is 28.6 Å². The van der Waals surface area contributed by atoms with Gasteiger partial charge in [-0.1, -0.05) is 51.2 Å². The van der Waals surface area contributed by atoms with Gasteiger partial charge in [-0.2, -0.15) is 0 Å². The van der Waals surface area contributed by atoms with Gasteiger partial charge in [-0.05, 0) is 12.8 Å². The second-order valence-corrected chi connectivity index (χ2v) is 4.29. The minimum absolute atomic E-state index is 0.954. The molecule has 1 aromatic rings. The Labute approximate surface area is 99.4 Å². The molecule has 0 bridgehead atoms. The van der Waals surface area contributed by atoms with Crippen molar-refractivity contribution in [2.45, 2.75) is 58.4 Å². The van der Waals surface area contributed by atoms with E-state index >= 15 is 0 Å². The van der Waals surface area contributed by atoms with E-state index in [4.69, 9.17) is 0 Å². The summed E-state index contributed by atoms with van der Waals surface area (Å²) in [6.07, 6.45) is 19.7. The molecule has 0 radical (unpaired) electrons. The van der Waals surface area contributed by atoms with Crippen molar-refractivity contribution in [1.82, 2.24) is 9.55 Å². The number of imidazole rings is 1. The topological polar surface area (TPSA) is 17.8 Å². The number of hydrogen-bond acceptors (Lipinski definition) is 1. The molecule has 0 amide bonds. The normalized spacial score (nSPS) is 11.3. The lowest BCUT2D eigenvalue weighted by Gasteiger charge is -1.98. The molecule has 0 atom stereocenters. The highest BCUT2D eigenvalue weighted by atomic mass is 15.0. The van der Waals surface area contributed by atoms with Gasteiger partial charge in [0, 0.05) is 18.9 Å². The van der Waals surface area contributed by atoms with E-state index in [-0.39, 0.29) is 0 Å². The maximum Gasteiger partial charge on any atom is 0.0948 e. The van der Waals surface area contributed by atoms with Gasteiger partial charge in [0.25, 0.3) is 0 Å². The van der Waals surface area contributed by atoms with Crippen molar-refractivity contribution in [3.8, 4) is 0 Å². The van der Waals surface area contributed by atoms with E-state index in [0.29, 0.717) is 0 Å². The number of unbranched alkanes of at least 4 members (excludes halogenated alkanes) is 6. The highest BCUT2D eigenvalue weighted by Crippen LogP contribution is 2.07. The van der Waals surface area contributed by atoms with Crippen LogP contribution in [0.1, 0.15) is 51.9 Å². The summed E-state index contributed by atoms with van der Waals surface area (Å²) in [5.41, 5.74) is 0. The molecule has 0 aliphatic rings. The van der Waals surface area contributed by atoms with Crippen molar-refractivity contribution in [3.05, 3.63) is 30.9 Å². The van der Waals surface area contributed by atoms with Crippen molar-refractivity contribution >= 4 is 0 Å². The molecule has 2 nitrogen and oxygen atoms in total. The zero-order chi connectivity index (χ0) is 11.5. The summed E-state index contributed by atoms with van der Waals surface area (Å²) in [5, 5.41) is 0. The van der Waals surface area contributed by atoms with E-state index < -0.39 is 0 Å². The molecule has 0 saturated carbocycles. The zero-order valence-electron chi connectivity index (χ0n) is 10.4. The Hall–Kier alpha value is -1.05. The molecule has 0 spiro atoms. The Balaban J connectivity index is 1.89. The zero-order valence-corrected chi connectivity index (χ0v) is 10.4. The average molecular weight is 220 g/mol. The molecular weight excluding hydrogens is 196 g/mol. The van der Waals surface area contributed by atoms with Crippen LogP contribution in [0.4, 0.5) is 0 Å². The van der Waals surface area contributed by atoms with Crippen molar-refractivity contribution in [3.63, 3.8) is 0 Å². The molecule has 0 saturated heterocycles. The second kappa shape index (κ2) is 9.20. The lowest BCUT2D eigenvalue weighted by atomic mass is 10.1. The van der Waals surface area contributed by atoms with Crippen LogP contribution in [0.5, 0.6) is 0 Å². The molecule has 2 heteroatoms. The number of allylic oxidation sites excluding steroid dienone is 2. The molecule has 16 heavy (non-hydrogen) atoms. The molecule has 0 fully saturated rings. The van der Waals surface area contributed by atoms with E-state index in [0.717, 1.165) is 6.54 Å². The summed E-state index contributed by atoms with van der Waals surface area (Å²) in [6, 6.07) is 0. The predicted octanol–water partition coefficient (Wildman–Crippen LogP) is 4.19. The van der Waals surface area contributed by atoms with Gasteiger partial charge in [0.05, 0.1) is 6.33 Å². The molecule has 1 heterocycles. The Morgan fingerprint density at radius 2 is 1.88 bits per heavy atom. The smallest absolute Gasteiger partial charge is 0.0948 e. The van der Waals surface area contributed by atoms with Crippen molar-refractivity contribution in [1.29, 1.82) is 0 Å². The molecule has 0 aliphatic heterocycles. The van der Waals surface area contributed by atoms with Crippen LogP contribution in [0, 0.1) is 0 Å². The first kappa shape index (κ1) is 13.0. The van der Waals surface area contributed by atoms with Crippen LogP contribution < -0.4 is 0 Å². The molecule has 0 aliphatic carbocycles. The summed E-state index contributed by atoms with van der Waals surface area (Å²) in [5.74, 6) is 0. The summed E-state index contributed by atoms with van der Waals surface area (Å²) in [7, 11) is 0. The van der Waals surface area contributed by atoms with Crippen molar-refractivity contribution in [2.75, 3.05) is 0 Å². The first-order valence-corrected chi connectivity index (χ1v) is 6.54. The summed E-state index contributed by atoms with van der Waals surface area (Å²) in [6.45, 7) is 3.22. The Bertz CT molecular complexity index is 262. The molecule has 1 aromatic heterocycles. The van der Waals surface area contributed by atoms with Crippen LogP contribution in [0.3, 0.4) is 0 Å². The summed E-state index contributed by atoms with van der Waals surface area (Å²) >= 11 is 0. The monoisotopic (exact) mass is 220 g/mol. The summed E-state index contributed by atoms with van der Waals surface area (Å²) in [4.78, 5) is 4.01. The van der Waals surface area contributed by atoms with Crippen LogP contribution in [-0.4, -0.2) is 9.55 Å². The fourth-order valence-electron chi connectivity index (χ4n) is 1.75. The number of aromatic nitrogens is 2. The van der Waals surface area contributed by atoms with Crippen LogP contribution >= 0.6 is 0 Å². The van der Waals surface area contributed by atoms with Gasteiger partial charge in [-0.25, -0.2) is 4.98 Å². The largest absolute Gasteiger partial charge is 0.334 e. The van der Waals surface area contributed by atoms with Crippen molar-refractivity contribution in [2.24, 2.45) is 0 Å². The number of rotatable bonds is 9. The average Bonchev–Trinajstić information content (AvgIpc) is 2.80. The summed E-state index contributed by atoms with van der Waals surface area (Å²) < 4.78 is 2.08. The SMILES string of the molecule is CCCCCCCC/C=C\Cn1ccnc1. The highest BCUT2D eigenvalue weighted by Gasteiger charge is 1.88. The van der Waals surface area contributed by atoms with Crippen LogP contribution in [0.15, 0.2) is 30.9 Å². The fourth-order valence-corrected chi connectivity index (χ4v) is 1.75.